The summed E-state index contributed by atoms with van der Waals surface area (Å²) in [6.07, 6.45) is 0. The van der Waals surface area contributed by atoms with Crippen molar-refractivity contribution < 1.29 is 9.13 Å². The molecule has 0 unspecified atom stereocenters. The predicted molar refractivity (Wildman–Crippen MR) is 71.8 cm³/mol. The van der Waals surface area contributed by atoms with Crippen molar-refractivity contribution in [1.82, 2.24) is 14.6 Å². The van der Waals surface area contributed by atoms with E-state index in [1.54, 1.807) is 16.5 Å². The van der Waals surface area contributed by atoms with E-state index in [0.29, 0.717) is 23.1 Å². The number of benzene rings is 1. The topological polar surface area (TPSA) is 65.4 Å². The second-order valence-electron chi connectivity index (χ2n) is 3.88. The zero-order chi connectivity index (χ0) is 13.4. The summed E-state index contributed by atoms with van der Waals surface area (Å²) < 4.78 is 20.7. The van der Waals surface area contributed by atoms with E-state index in [2.05, 4.69) is 10.2 Å². The number of nitrogens with two attached hydrogens (primary N) is 1. The molecule has 19 heavy (non-hydrogen) atoms. The van der Waals surface area contributed by atoms with E-state index < -0.39 is 5.82 Å². The fourth-order valence-corrected chi connectivity index (χ4v) is 2.72. The van der Waals surface area contributed by atoms with Crippen LogP contribution in [0, 0.1) is 5.82 Å². The van der Waals surface area contributed by atoms with Crippen molar-refractivity contribution in [3.63, 3.8) is 0 Å². The van der Waals surface area contributed by atoms with Gasteiger partial charge in [0, 0.05) is 10.9 Å². The van der Waals surface area contributed by atoms with Crippen molar-refractivity contribution in [2.24, 2.45) is 0 Å². The van der Waals surface area contributed by atoms with Gasteiger partial charge in [0.2, 0.25) is 10.9 Å². The van der Waals surface area contributed by atoms with Gasteiger partial charge in [-0.15, -0.1) is 21.5 Å². The molecule has 3 aromatic rings. The molecule has 0 saturated carbocycles. The van der Waals surface area contributed by atoms with Gasteiger partial charge in [0.05, 0.1) is 12.3 Å². The highest BCUT2D eigenvalue weighted by molar-refractivity contribution is 7.15. The molecule has 98 valence electrons. The van der Waals surface area contributed by atoms with Gasteiger partial charge in [-0.25, -0.2) is 4.39 Å². The van der Waals surface area contributed by atoms with Crippen LogP contribution in [0.2, 0.25) is 0 Å². The quantitative estimate of drug-likeness (QED) is 0.799. The molecule has 2 heterocycles. The SMILES string of the molecule is CCOc1ccc(-c2csc3nnc(N)n23)cc1F. The average Bonchev–Trinajstić information content (AvgIpc) is 2.96. The van der Waals surface area contributed by atoms with Crippen LogP contribution in [0.3, 0.4) is 0 Å². The summed E-state index contributed by atoms with van der Waals surface area (Å²) in [5.41, 5.74) is 7.23. The van der Waals surface area contributed by atoms with Crippen LogP contribution in [-0.2, 0) is 0 Å². The number of ether oxygens (including phenoxy) is 1. The lowest BCUT2D eigenvalue weighted by molar-refractivity contribution is 0.321. The highest BCUT2D eigenvalue weighted by atomic mass is 32.1. The van der Waals surface area contributed by atoms with E-state index in [1.807, 2.05) is 12.3 Å². The minimum absolute atomic E-state index is 0.245. The highest BCUT2D eigenvalue weighted by Gasteiger charge is 2.13. The molecule has 0 saturated heterocycles. The number of nitrogens with zero attached hydrogens (tertiary/aromatic N) is 3. The molecular formula is C12H11FN4OS. The number of fused-ring (bicyclic) bond motifs is 1. The molecule has 0 atom stereocenters. The lowest BCUT2D eigenvalue weighted by atomic mass is 10.1. The molecule has 0 spiro atoms. The third-order valence-electron chi connectivity index (χ3n) is 2.70. The summed E-state index contributed by atoms with van der Waals surface area (Å²) in [5, 5.41) is 9.59. The summed E-state index contributed by atoms with van der Waals surface area (Å²) in [7, 11) is 0. The van der Waals surface area contributed by atoms with Crippen LogP contribution in [-0.4, -0.2) is 21.2 Å². The standard InChI is InChI=1S/C12H11FN4OS/c1-2-18-10-4-3-7(5-8(10)13)9-6-19-12-16-15-11(14)17(9)12/h3-6H,2H2,1H3,(H2,14,15). The van der Waals surface area contributed by atoms with Crippen LogP contribution in [0.15, 0.2) is 23.6 Å². The Morgan fingerprint density at radius 3 is 3.00 bits per heavy atom. The highest BCUT2D eigenvalue weighted by Crippen LogP contribution is 2.30. The summed E-state index contributed by atoms with van der Waals surface area (Å²) in [4.78, 5) is 0.682. The summed E-state index contributed by atoms with van der Waals surface area (Å²) in [5.74, 6) is 0.139. The zero-order valence-corrected chi connectivity index (χ0v) is 10.9. The smallest absolute Gasteiger partial charge is 0.227 e. The number of nitrogen functional groups attached to an aromatic ring is 1. The number of aromatic nitrogens is 3. The molecule has 1 aromatic carbocycles. The average molecular weight is 278 g/mol. The maximum absolute atomic E-state index is 13.9. The van der Waals surface area contributed by atoms with E-state index in [-0.39, 0.29) is 5.75 Å². The zero-order valence-electron chi connectivity index (χ0n) is 10.1. The Labute approximate surface area is 112 Å². The monoisotopic (exact) mass is 278 g/mol. The Balaban J connectivity index is 2.11. The van der Waals surface area contributed by atoms with Gasteiger partial charge in [0.1, 0.15) is 0 Å². The Hall–Kier alpha value is -2.15. The number of rotatable bonds is 3. The first-order valence-corrected chi connectivity index (χ1v) is 6.59. The first kappa shape index (κ1) is 11.9. The number of hydrogen-bond donors (Lipinski definition) is 1. The van der Waals surface area contributed by atoms with Crippen molar-refractivity contribution in [3.8, 4) is 17.0 Å². The fraction of sp³-hybridized carbons (Fsp3) is 0.167. The molecule has 2 N–H and O–H groups in total. The third-order valence-corrected chi connectivity index (χ3v) is 3.52. The third kappa shape index (κ3) is 1.91. The Kier molecular flexibility index (Phi) is 2.83. The number of anilines is 1. The minimum atomic E-state index is -0.398. The number of thiazole rings is 1. The molecule has 2 aromatic heterocycles. The Morgan fingerprint density at radius 2 is 2.26 bits per heavy atom. The number of halogens is 1. The van der Waals surface area contributed by atoms with Gasteiger partial charge in [-0.05, 0) is 25.1 Å². The lowest BCUT2D eigenvalue weighted by Gasteiger charge is -2.06. The second-order valence-corrected chi connectivity index (χ2v) is 4.71. The van der Waals surface area contributed by atoms with Crippen LogP contribution in [0.1, 0.15) is 6.92 Å². The lowest BCUT2D eigenvalue weighted by Crippen LogP contribution is -1.97. The van der Waals surface area contributed by atoms with Crippen molar-refractivity contribution >= 4 is 22.2 Å². The van der Waals surface area contributed by atoms with E-state index in [9.17, 15) is 4.39 Å². The van der Waals surface area contributed by atoms with Crippen LogP contribution in [0.4, 0.5) is 10.3 Å². The maximum Gasteiger partial charge on any atom is 0.227 e. The fourth-order valence-electron chi connectivity index (χ4n) is 1.88. The predicted octanol–water partition coefficient (Wildman–Crippen LogP) is 2.58. The molecular weight excluding hydrogens is 267 g/mol. The van der Waals surface area contributed by atoms with E-state index in [4.69, 9.17) is 10.5 Å². The maximum atomic E-state index is 13.9. The summed E-state index contributed by atoms with van der Waals surface area (Å²) in [6, 6.07) is 4.82. The Bertz CT molecular complexity index is 736. The molecule has 3 rings (SSSR count). The van der Waals surface area contributed by atoms with Crippen molar-refractivity contribution in [1.29, 1.82) is 0 Å². The molecule has 0 bridgehead atoms. The molecule has 0 aliphatic carbocycles. The van der Waals surface area contributed by atoms with Crippen molar-refractivity contribution in [2.75, 3.05) is 12.3 Å². The molecule has 0 aliphatic rings. The van der Waals surface area contributed by atoms with Gasteiger partial charge in [0.15, 0.2) is 11.6 Å². The Morgan fingerprint density at radius 1 is 1.42 bits per heavy atom. The van der Waals surface area contributed by atoms with Crippen LogP contribution in [0.5, 0.6) is 5.75 Å². The van der Waals surface area contributed by atoms with Crippen LogP contribution in [0.25, 0.3) is 16.2 Å². The van der Waals surface area contributed by atoms with Gasteiger partial charge >= 0.3 is 0 Å². The normalized spacial score (nSPS) is 11.1. The van der Waals surface area contributed by atoms with Crippen LogP contribution < -0.4 is 10.5 Å². The van der Waals surface area contributed by atoms with Crippen molar-refractivity contribution in [3.05, 3.63) is 29.4 Å². The molecule has 7 heteroatoms. The van der Waals surface area contributed by atoms with E-state index >= 15 is 0 Å². The van der Waals surface area contributed by atoms with E-state index in [1.165, 1.54) is 17.4 Å². The van der Waals surface area contributed by atoms with Gasteiger partial charge in [-0.3, -0.25) is 4.40 Å². The molecule has 5 nitrogen and oxygen atoms in total. The first-order chi connectivity index (χ1) is 9.20. The van der Waals surface area contributed by atoms with Gasteiger partial charge in [-0.2, -0.15) is 0 Å². The molecule has 0 amide bonds. The van der Waals surface area contributed by atoms with Gasteiger partial charge in [0.25, 0.3) is 0 Å². The molecule has 0 aliphatic heterocycles. The van der Waals surface area contributed by atoms with Gasteiger partial charge < -0.3 is 10.5 Å². The summed E-state index contributed by atoms with van der Waals surface area (Å²) in [6.45, 7) is 2.24. The number of hydrogen-bond acceptors (Lipinski definition) is 5. The van der Waals surface area contributed by atoms with Crippen molar-refractivity contribution in [2.45, 2.75) is 6.92 Å². The second kappa shape index (κ2) is 4.51. The minimum Gasteiger partial charge on any atom is -0.491 e. The van der Waals surface area contributed by atoms with Gasteiger partial charge in [-0.1, -0.05) is 0 Å². The van der Waals surface area contributed by atoms with E-state index in [0.717, 1.165) is 5.69 Å². The largest absolute Gasteiger partial charge is 0.491 e. The molecule has 0 fully saturated rings. The molecule has 0 radical (unpaired) electrons. The summed E-state index contributed by atoms with van der Waals surface area (Å²) >= 11 is 1.41. The van der Waals surface area contributed by atoms with Crippen LogP contribution >= 0.6 is 11.3 Å². The first-order valence-electron chi connectivity index (χ1n) is 5.71.